The number of benzene rings is 2. The van der Waals surface area contributed by atoms with Gasteiger partial charge < -0.3 is 4.57 Å². The van der Waals surface area contributed by atoms with Crippen LogP contribution in [0.2, 0.25) is 0 Å². The Morgan fingerprint density at radius 2 is 2.04 bits per heavy atom. The molecule has 3 rings (SSSR count). The Balaban J connectivity index is 1.91. The number of carbonyl (C=O) groups excluding carboxylic acids is 1. The summed E-state index contributed by atoms with van der Waals surface area (Å²) in [5, 5.41) is 6.33. The molecule has 126 valence electrons. The van der Waals surface area contributed by atoms with Crippen molar-refractivity contribution in [2.24, 2.45) is 5.10 Å². The molecule has 1 heterocycles. The summed E-state index contributed by atoms with van der Waals surface area (Å²) in [7, 11) is 0. The van der Waals surface area contributed by atoms with Crippen molar-refractivity contribution in [1.29, 1.82) is 0 Å². The summed E-state index contributed by atoms with van der Waals surface area (Å²) in [6.45, 7) is 4.42. The molecule has 0 spiro atoms. The molecule has 0 fully saturated rings. The van der Waals surface area contributed by atoms with Crippen LogP contribution in [0.1, 0.15) is 10.4 Å². The van der Waals surface area contributed by atoms with E-state index in [1.54, 1.807) is 12.1 Å². The summed E-state index contributed by atoms with van der Waals surface area (Å²) in [4.78, 5) is 13.0. The van der Waals surface area contributed by atoms with Crippen molar-refractivity contribution < 1.29 is 4.79 Å². The zero-order chi connectivity index (χ0) is 17.6. The lowest BCUT2D eigenvalue weighted by atomic mass is 10.2. The summed E-state index contributed by atoms with van der Waals surface area (Å²) in [5.41, 5.74) is 5.32. The summed E-state index contributed by atoms with van der Waals surface area (Å²) in [6, 6.07) is 17.3. The summed E-state index contributed by atoms with van der Waals surface area (Å²) in [6.07, 6.45) is 1.81. The molecule has 4 nitrogen and oxygen atoms in total. The predicted molar refractivity (Wildman–Crippen MR) is 105 cm³/mol. The molecule has 0 atom stereocenters. The van der Waals surface area contributed by atoms with Gasteiger partial charge in [-0.3, -0.25) is 4.79 Å². The van der Waals surface area contributed by atoms with Crippen molar-refractivity contribution in [3.8, 4) is 11.3 Å². The molecule has 2 aromatic carbocycles. The summed E-state index contributed by atoms with van der Waals surface area (Å²) in [5.74, 6) is -0.249. The number of hydrogen-bond acceptors (Lipinski definition) is 3. The van der Waals surface area contributed by atoms with Gasteiger partial charge in [0.25, 0.3) is 5.91 Å². The third-order valence-corrected chi connectivity index (χ3v) is 4.88. The van der Waals surface area contributed by atoms with Gasteiger partial charge in [0.1, 0.15) is 0 Å². The second-order valence-electron chi connectivity index (χ2n) is 5.23. The molecule has 0 saturated heterocycles. The molecule has 6 heteroatoms. The largest absolute Gasteiger partial charge is 0.311 e. The highest BCUT2D eigenvalue weighted by atomic mass is 79.9. The molecule has 0 aliphatic carbocycles. The minimum atomic E-state index is -0.249. The van der Waals surface area contributed by atoms with E-state index in [4.69, 9.17) is 0 Å². The molecule has 25 heavy (non-hydrogen) atoms. The topological polar surface area (TPSA) is 46.4 Å². The number of aromatic nitrogens is 1. The first-order valence-corrected chi connectivity index (χ1v) is 9.30. The second-order valence-corrected chi connectivity index (χ2v) is 6.98. The Labute approximate surface area is 158 Å². The van der Waals surface area contributed by atoms with Crippen molar-refractivity contribution in [2.75, 3.05) is 0 Å². The Hall–Kier alpha value is -2.44. The smallest absolute Gasteiger partial charge is 0.271 e. The van der Waals surface area contributed by atoms with Crippen LogP contribution in [0, 0.1) is 0 Å². The molecule has 0 unspecified atom stereocenters. The Morgan fingerprint density at radius 3 is 2.76 bits per heavy atom. The molecule has 1 amide bonds. The number of nitrogens with one attached hydrogen (secondary N) is 1. The van der Waals surface area contributed by atoms with Crippen molar-refractivity contribution >= 4 is 33.2 Å². The average Bonchev–Trinajstić information content (AvgIpc) is 3.03. The third-order valence-electron chi connectivity index (χ3n) is 3.52. The van der Waals surface area contributed by atoms with Gasteiger partial charge in [-0.2, -0.15) is 0 Å². The highest BCUT2D eigenvalue weighted by molar-refractivity contribution is 9.10. The van der Waals surface area contributed by atoms with Crippen LogP contribution in [-0.2, 0) is 6.54 Å². The quantitative estimate of drug-likeness (QED) is 0.488. The van der Waals surface area contributed by atoms with Crippen molar-refractivity contribution in [2.45, 2.75) is 6.54 Å². The van der Waals surface area contributed by atoms with Gasteiger partial charge >= 0.3 is 0 Å². The van der Waals surface area contributed by atoms with Gasteiger partial charge in [0.15, 0.2) is 0 Å². The van der Waals surface area contributed by atoms with Crippen molar-refractivity contribution in [3.63, 3.8) is 0 Å². The lowest BCUT2D eigenvalue weighted by Crippen LogP contribution is -2.24. The van der Waals surface area contributed by atoms with Crippen LogP contribution >= 0.6 is 27.3 Å². The molecular weight excluding hydrogens is 398 g/mol. The van der Waals surface area contributed by atoms with E-state index < -0.39 is 0 Å². The first-order valence-electron chi connectivity index (χ1n) is 7.63. The molecule has 1 N–H and O–H groups in total. The maximum Gasteiger partial charge on any atom is 0.271 e. The lowest BCUT2D eigenvalue weighted by molar-refractivity contribution is 0.0953. The highest BCUT2D eigenvalue weighted by Gasteiger charge is 2.08. The van der Waals surface area contributed by atoms with E-state index in [2.05, 4.69) is 33.0 Å². The molecule has 1 aromatic heterocycles. The highest BCUT2D eigenvalue weighted by Crippen LogP contribution is 2.19. The molecule has 3 aromatic rings. The van der Waals surface area contributed by atoms with E-state index in [-0.39, 0.29) is 5.91 Å². The monoisotopic (exact) mass is 413 g/mol. The number of carbonyl (C=O) groups is 1. The number of nitrogens with zero attached hydrogens (tertiary/aromatic N) is 2. The van der Waals surface area contributed by atoms with Crippen molar-refractivity contribution in [3.05, 3.63) is 87.5 Å². The minimum absolute atomic E-state index is 0.249. The maximum absolute atomic E-state index is 12.3. The molecule has 0 radical (unpaired) electrons. The standard InChI is InChI=1S/C19H16BrN3OS/c1-2-11-23-17(14-7-4-3-5-8-14)13-25-19(23)22-21-18(24)15-9-6-10-16(20)12-15/h2-10,12-13H,1,11H2,(H,21,24)/b22-19-. The molecule has 0 saturated carbocycles. The number of rotatable bonds is 5. The van der Waals surface area contributed by atoms with Crippen LogP contribution < -0.4 is 10.2 Å². The van der Waals surface area contributed by atoms with E-state index in [0.29, 0.717) is 16.9 Å². The Bertz CT molecular complexity index is 960. The number of amides is 1. The van der Waals surface area contributed by atoms with Crippen LogP contribution in [0.3, 0.4) is 0 Å². The predicted octanol–water partition coefficient (Wildman–Crippen LogP) is 4.41. The second kappa shape index (κ2) is 8.09. The van der Waals surface area contributed by atoms with E-state index in [0.717, 1.165) is 15.7 Å². The van der Waals surface area contributed by atoms with Crippen molar-refractivity contribution in [1.82, 2.24) is 9.99 Å². The van der Waals surface area contributed by atoms with Gasteiger partial charge in [0, 0.05) is 22.0 Å². The first-order chi connectivity index (χ1) is 12.2. The van der Waals surface area contributed by atoms with Gasteiger partial charge in [-0.25, -0.2) is 5.43 Å². The Kier molecular flexibility index (Phi) is 5.63. The number of thiazole rings is 1. The fourth-order valence-corrected chi connectivity index (χ4v) is 3.63. The Morgan fingerprint density at radius 1 is 1.24 bits per heavy atom. The van der Waals surface area contributed by atoms with E-state index in [1.165, 1.54) is 11.3 Å². The number of halogens is 1. The van der Waals surface area contributed by atoms with Gasteiger partial charge in [-0.05, 0) is 23.8 Å². The summed E-state index contributed by atoms with van der Waals surface area (Å²) < 4.78 is 2.87. The van der Waals surface area contributed by atoms with E-state index in [9.17, 15) is 4.79 Å². The summed E-state index contributed by atoms with van der Waals surface area (Å²) >= 11 is 4.84. The SMILES string of the molecule is C=CCn1c(-c2ccccc2)cs/c1=N\NC(=O)c1cccc(Br)c1. The van der Waals surface area contributed by atoms with Crippen LogP contribution in [0.4, 0.5) is 0 Å². The van der Waals surface area contributed by atoms with Gasteiger partial charge in [-0.15, -0.1) is 23.0 Å². The minimum Gasteiger partial charge on any atom is -0.311 e. The maximum atomic E-state index is 12.3. The van der Waals surface area contributed by atoms with Gasteiger partial charge in [0.2, 0.25) is 4.80 Å². The zero-order valence-corrected chi connectivity index (χ0v) is 15.8. The fourth-order valence-electron chi connectivity index (χ4n) is 2.36. The average molecular weight is 414 g/mol. The zero-order valence-electron chi connectivity index (χ0n) is 13.4. The number of allylic oxidation sites excluding steroid dienone is 1. The van der Waals surface area contributed by atoms with Gasteiger partial charge in [0.05, 0.1) is 5.69 Å². The third kappa shape index (κ3) is 4.15. The fraction of sp³-hybridized carbons (Fsp3) is 0.0526. The van der Waals surface area contributed by atoms with E-state index in [1.807, 2.05) is 58.5 Å². The van der Waals surface area contributed by atoms with Crippen LogP contribution in [0.25, 0.3) is 11.3 Å². The van der Waals surface area contributed by atoms with Crippen LogP contribution in [-0.4, -0.2) is 10.5 Å². The van der Waals surface area contributed by atoms with Crippen LogP contribution in [0.15, 0.2) is 82.2 Å². The van der Waals surface area contributed by atoms with Crippen LogP contribution in [0.5, 0.6) is 0 Å². The number of hydrogen-bond donors (Lipinski definition) is 1. The van der Waals surface area contributed by atoms with Gasteiger partial charge in [-0.1, -0.05) is 58.4 Å². The first kappa shape index (κ1) is 17.4. The van der Waals surface area contributed by atoms with E-state index >= 15 is 0 Å². The molecule has 0 bridgehead atoms. The normalized spacial score (nSPS) is 11.3. The molecule has 0 aliphatic heterocycles. The molecule has 0 aliphatic rings. The lowest BCUT2D eigenvalue weighted by Gasteiger charge is -2.06. The molecular formula is C19H16BrN3OS.